The van der Waals surface area contributed by atoms with Crippen LogP contribution in [0.2, 0.25) is 5.02 Å². The minimum Gasteiger partial charge on any atom is -0.484 e. The van der Waals surface area contributed by atoms with Crippen LogP contribution in [-0.4, -0.2) is 34.9 Å². The number of carbonyl (C=O) groups excluding carboxylic acids is 2. The summed E-state index contributed by atoms with van der Waals surface area (Å²) in [7, 11) is 0. The van der Waals surface area contributed by atoms with Crippen molar-refractivity contribution in [1.29, 1.82) is 0 Å². The van der Waals surface area contributed by atoms with Gasteiger partial charge in [-0.15, -0.1) is 0 Å². The Bertz CT molecular complexity index is 1130. The number of nitrogens with one attached hydrogen (secondary N) is 1. The highest BCUT2D eigenvalue weighted by Crippen LogP contribution is 2.19. The standard InChI is InChI=1S/C28H30ClIN2O3/c1-28(2,3)31-27(34)25(17-20-8-5-4-6-9-20)32(18-21-10-7-11-22(29)16-21)26(33)19-35-24-14-12-23(30)13-15-24/h4-16,25H,17-19H2,1-3H3,(H,31,34)/t25-/m0/s1. The second-order valence-electron chi connectivity index (χ2n) is 9.34. The number of carbonyl (C=O) groups is 2. The van der Waals surface area contributed by atoms with Crippen molar-refractivity contribution >= 4 is 46.0 Å². The lowest BCUT2D eigenvalue weighted by Crippen LogP contribution is -2.55. The van der Waals surface area contributed by atoms with Crippen LogP contribution >= 0.6 is 34.2 Å². The minimum absolute atomic E-state index is 0.185. The Morgan fingerprint density at radius 1 is 0.971 bits per heavy atom. The van der Waals surface area contributed by atoms with Crippen LogP contribution in [-0.2, 0) is 22.6 Å². The number of hydrogen-bond donors (Lipinski definition) is 1. The van der Waals surface area contributed by atoms with E-state index in [4.69, 9.17) is 16.3 Å². The molecule has 7 heteroatoms. The first-order chi connectivity index (χ1) is 16.6. The van der Waals surface area contributed by atoms with Crippen molar-refractivity contribution in [2.24, 2.45) is 0 Å². The summed E-state index contributed by atoms with van der Waals surface area (Å²) in [5.41, 5.74) is 1.35. The molecule has 35 heavy (non-hydrogen) atoms. The van der Waals surface area contributed by atoms with E-state index in [1.54, 1.807) is 11.0 Å². The van der Waals surface area contributed by atoms with Crippen LogP contribution in [0.3, 0.4) is 0 Å². The van der Waals surface area contributed by atoms with Gasteiger partial charge in [0.2, 0.25) is 5.91 Å². The van der Waals surface area contributed by atoms with Gasteiger partial charge in [0.15, 0.2) is 6.61 Å². The molecule has 0 saturated heterocycles. The van der Waals surface area contributed by atoms with E-state index < -0.39 is 11.6 Å². The van der Waals surface area contributed by atoms with Crippen molar-refractivity contribution in [1.82, 2.24) is 10.2 Å². The fourth-order valence-corrected chi connectivity index (χ4v) is 4.17. The summed E-state index contributed by atoms with van der Waals surface area (Å²) in [5.74, 6) is 0.0970. The largest absolute Gasteiger partial charge is 0.484 e. The molecule has 0 aliphatic carbocycles. The molecule has 2 amide bonds. The van der Waals surface area contributed by atoms with Gasteiger partial charge in [0.25, 0.3) is 5.91 Å². The molecule has 0 aromatic heterocycles. The molecular formula is C28H30ClIN2O3. The SMILES string of the molecule is CC(C)(C)NC(=O)[C@H](Cc1ccccc1)N(Cc1cccc(Cl)c1)C(=O)COc1ccc(I)cc1. The Morgan fingerprint density at radius 3 is 2.26 bits per heavy atom. The van der Waals surface area contributed by atoms with Crippen LogP contribution in [0.5, 0.6) is 5.75 Å². The summed E-state index contributed by atoms with van der Waals surface area (Å²) in [6, 6.07) is 23.8. The van der Waals surface area contributed by atoms with Gasteiger partial charge in [0.1, 0.15) is 11.8 Å². The van der Waals surface area contributed by atoms with E-state index in [9.17, 15) is 9.59 Å². The molecule has 0 aliphatic rings. The summed E-state index contributed by atoms with van der Waals surface area (Å²) >= 11 is 8.43. The van der Waals surface area contributed by atoms with Crippen molar-refractivity contribution in [3.63, 3.8) is 0 Å². The first kappa shape index (κ1) is 27.0. The maximum Gasteiger partial charge on any atom is 0.261 e. The van der Waals surface area contributed by atoms with Gasteiger partial charge in [0.05, 0.1) is 0 Å². The topological polar surface area (TPSA) is 58.6 Å². The van der Waals surface area contributed by atoms with E-state index in [0.717, 1.165) is 14.7 Å². The average molecular weight is 605 g/mol. The maximum absolute atomic E-state index is 13.6. The van der Waals surface area contributed by atoms with Crippen LogP contribution in [0.15, 0.2) is 78.9 Å². The van der Waals surface area contributed by atoms with Crippen molar-refractivity contribution in [2.45, 2.75) is 45.3 Å². The molecule has 3 aromatic carbocycles. The Morgan fingerprint density at radius 2 is 1.63 bits per heavy atom. The van der Waals surface area contributed by atoms with E-state index >= 15 is 0 Å². The quantitative estimate of drug-likeness (QED) is 0.311. The van der Waals surface area contributed by atoms with Crippen LogP contribution < -0.4 is 10.1 Å². The Balaban J connectivity index is 1.92. The molecule has 0 heterocycles. The fourth-order valence-electron chi connectivity index (χ4n) is 3.60. The third-order valence-electron chi connectivity index (χ3n) is 5.19. The summed E-state index contributed by atoms with van der Waals surface area (Å²) < 4.78 is 6.87. The molecule has 184 valence electrons. The number of amides is 2. The van der Waals surface area contributed by atoms with Crippen LogP contribution in [0, 0.1) is 3.57 Å². The van der Waals surface area contributed by atoms with Crippen molar-refractivity contribution < 1.29 is 14.3 Å². The first-order valence-corrected chi connectivity index (χ1v) is 12.8. The van der Waals surface area contributed by atoms with E-state index in [1.807, 2.05) is 93.6 Å². The third-order valence-corrected chi connectivity index (χ3v) is 6.14. The molecule has 5 nitrogen and oxygen atoms in total. The van der Waals surface area contributed by atoms with Gasteiger partial charge in [-0.25, -0.2) is 0 Å². The monoisotopic (exact) mass is 604 g/mol. The van der Waals surface area contributed by atoms with Crippen LogP contribution in [0.4, 0.5) is 0 Å². The van der Waals surface area contributed by atoms with Gasteiger partial charge in [-0.2, -0.15) is 0 Å². The molecule has 1 N–H and O–H groups in total. The zero-order chi connectivity index (χ0) is 25.4. The number of nitrogens with zero attached hydrogens (tertiary/aromatic N) is 1. The lowest BCUT2D eigenvalue weighted by Gasteiger charge is -2.33. The molecule has 0 fully saturated rings. The molecule has 0 aliphatic heterocycles. The molecule has 3 rings (SSSR count). The zero-order valence-corrected chi connectivity index (χ0v) is 23.0. The molecule has 0 saturated carbocycles. The molecule has 0 bridgehead atoms. The van der Waals surface area contributed by atoms with Crippen LogP contribution in [0.25, 0.3) is 0 Å². The number of rotatable bonds is 9. The Kier molecular flexibility index (Phi) is 9.57. The van der Waals surface area contributed by atoms with Gasteiger partial charge in [0, 0.05) is 27.1 Å². The van der Waals surface area contributed by atoms with Crippen molar-refractivity contribution in [3.05, 3.63) is 98.6 Å². The fraction of sp³-hybridized carbons (Fsp3) is 0.286. The molecule has 3 aromatic rings. The maximum atomic E-state index is 13.6. The number of hydrogen-bond acceptors (Lipinski definition) is 3. The highest BCUT2D eigenvalue weighted by Gasteiger charge is 2.32. The number of ether oxygens (including phenoxy) is 1. The smallest absolute Gasteiger partial charge is 0.261 e. The summed E-state index contributed by atoms with van der Waals surface area (Å²) in [5, 5.41) is 3.62. The third kappa shape index (κ3) is 8.85. The lowest BCUT2D eigenvalue weighted by atomic mass is 10.0. The highest BCUT2D eigenvalue weighted by molar-refractivity contribution is 14.1. The second-order valence-corrected chi connectivity index (χ2v) is 11.0. The zero-order valence-electron chi connectivity index (χ0n) is 20.1. The van der Waals surface area contributed by atoms with E-state index in [-0.39, 0.29) is 25.0 Å². The van der Waals surface area contributed by atoms with E-state index in [2.05, 4.69) is 27.9 Å². The van der Waals surface area contributed by atoms with Gasteiger partial charge in [-0.1, -0.05) is 54.1 Å². The van der Waals surface area contributed by atoms with Gasteiger partial charge >= 0.3 is 0 Å². The van der Waals surface area contributed by atoms with E-state index in [0.29, 0.717) is 17.2 Å². The minimum atomic E-state index is -0.733. The first-order valence-electron chi connectivity index (χ1n) is 11.4. The van der Waals surface area contributed by atoms with Gasteiger partial charge < -0.3 is 15.0 Å². The Labute approximate surface area is 226 Å². The molecule has 1 atom stereocenters. The van der Waals surface area contributed by atoms with Crippen molar-refractivity contribution in [3.8, 4) is 5.75 Å². The summed E-state index contributed by atoms with van der Waals surface area (Å²) in [4.78, 5) is 28.7. The number of benzene rings is 3. The molecule has 0 spiro atoms. The Hall–Kier alpha value is -2.58. The lowest BCUT2D eigenvalue weighted by molar-refractivity contribution is -0.143. The molecule has 0 radical (unpaired) electrons. The molecule has 0 unspecified atom stereocenters. The average Bonchev–Trinajstić information content (AvgIpc) is 2.80. The predicted molar refractivity (Wildman–Crippen MR) is 148 cm³/mol. The summed E-state index contributed by atoms with van der Waals surface area (Å²) in [6.07, 6.45) is 0.374. The van der Waals surface area contributed by atoms with E-state index in [1.165, 1.54) is 0 Å². The van der Waals surface area contributed by atoms with Crippen LogP contribution in [0.1, 0.15) is 31.9 Å². The van der Waals surface area contributed by atoms with Crippen molar-refractivity contribution in [2.75, 3.05) is 6.61 Å². The highest BCUT2D eigenvalue weighted by atomic mass is 127. The summed E-state index contributed by atoms with van der Waals surface area (Å²) in [6.45, 7) is 5.81. The predicted octanol–water partition coefficient (Wildman–Crippen LogP) is 5.88. The normalized spacial score (nSPS) is 12.0. The van der Waals surface area contributed by atoms with Gasteiger partial charge in [-0.05, 0) is 90.9 Å². The second kappa shape index (κ2) is 12.4. The number of halogens is 2. The molecular weight excluding hydrogens is 575 g/mol. The van der Waals surface area contributed by atoms with Gasteiger partial charge in [-0.3, -0.25) is 9.59 Å².